The maximum Gasteiger partial charge on any atom is 0.320 e. The fourth-order valence-electron chi connectivity index (χ4n) is 0.955. The Balaban J connectivity index is 0. The molecule has 0 aliphatic carbocycles. The van der Waals surface area contributed by atoms with E-state index in [1.54, 1.807) is 0 Å². The molecule has 0 unspecified atom stereocenters. The molecule has 0 aliphatic rings. The van der Waals surface area contributed by atoms with Crippen molar-refractivity contribution in [2.75, 3.05) is 6.61 Å². The summed E-state index contributed by atoms with van der Waals surface area (Å²) in [6.07, 6.45) is 1.26. The van der Waals surface area contributed by atoms with Gasteiger partial charge < -0.3 is 15.9 Å². The van der Waals surface area contributed by atoms with Gasteiger partial charge in [0.05, 0.1) is 0 Å². The number of rotatable bonds is 4. The zero-order chi connectivity index (χ0) is 12.4. The molecule has 1 aromatic rings. The van der Waals surface area contributed by atoms with Gasteiger partial charge in [-0.3, -0.25) is 4.79 Å². The van der Waals surface area contributed by atoms with Gasteiger partial charge in [-0.05, 0) is 18.4 Å². The molecule has 98 valence electrons. The van der Waals surface area contributed by atoms with Crippen molar-refractivity contribution < 1.29 is 15.0 Å². The minimum absolute atomic E-state index is 0. The average molecular weight is 262 g/mol. The Morgan fingerprint density at radius 1 is 1.35 bits per heavy atom. The number of halogens is 1. The van der Waals surface area contributed by atoms with E-state index >= 15 is 0 Å². The Bertz CT molecular complexity index is 291. The van der Waals surface area contributed by atoms with Gasteiger partial charge >= 0.3 is 5.97 Å². The first-order valence-corrected chi connectivity index (χ1v) is 5.25. The van der Waals surface area contributed by atoms with Gasteiger partial charge in [0, 0.05) is 6.61 Å². The summed E-state index contributed by atoms with van der Waals surface area (Å²) < 4.78 is 0. The number of hydrogen-bond donors (Lipinski definition) is 3. The third-order valence-electron chi connectivity index (χ3n) is 1.84. The minimum atomic E-state index is -0.959. The molecule has 1 atom stereocenters. The first-order chi connectivity index (χ1) is 7.61. The van der Waals surface area contributed by atoms with E-state index in [4.69, 9.17) is 15.9 Å². The van der Waals surface area contributed by atoms with Gasteiger partial charge in [-0.1, -0.05) is 37.3 Å². The second-order valence-corrected chi connectivity index (χ2v) is 3.36. The number of carbonyl (C=O) groups is 1. The van der Waals surface area contributed by atoms with Crippen molar-refractivity contribution in [1.82, 2.24) is 0 Å². The van der Waals surface area contributed by atoms with Crippen LogP contribution in [0.5, 0.6) is 0 Å². The monoisotopic (exact) mass is 261 g/mol. The third-order valence-corrected chi connectivity index (χ3v) is 1.84. The maximum absolute atomic E-state index is 10.4. The number of aliphatic carboxylic acids is 1. The Morgan fingerprint density at radius 2 is 1.82 bits per heavy atom. The Labute approximate surface area is 108 Å². The van der Waals surface area contributed by atoms with Crippen molar-refractivity contribution in [3.05, 3.63) is 35.9 Å². The van der Waals surface area contributed by atoms with E-state index in [0.717, 1.165) is 12.0 Å². The Hall–Kier alpha value is -1.10. The highest BCUT2D eigenvalue weighted by Crippen LogP contribution is 2.01. The summed E-state index contributed by atoms with van der Waals surface area (Å²) in [7, 11) is 0. The summed E-state index contributed by atoms with van der Waals surface area (Å²) >= 11 is 0. The van der Waals surface area contributed by atoms with E-state index in [1.807, 2.05) is 37.3 Å². The van der Waals surface area contributed by atoms with Crippen molar-refractivity contribution in [1.29, 1.82) is 0 Å². The topological polar surface area (TPSA) is 83.5 Å². The highest BCUT2D eigenvalue weighted by atomic mass is 35.5. The van der Waals surface area contributed by atoms with Crippen molar-refractivity contribution >= 4 is 18.4 Å². The summed E-state index contributed by atoms with van der Waals surface area (Å²) in [5, 5.41) is 16.4. The first-order valence-electron chi connectivity index (χ1n) is 5.25. The van der Waals surface area contributed by atoms with Crippen LogP contribution < -0.4 is 5.73 Å². The summed E-state index contributed by atoms with van der Waals surface area (Å²) in [6.45, 7) is 2.25. The maximum atomic E-state index is 10.4. The predicted molar refractivity (Wildman–Crippen MR) is 70.4 cm³/mol. The standard InChI is InChI=1S/C9H11NO2.C3H8O.ClH/c10-8(9(11)12)6-7-4-2-1-3-5-7;1-2-3-4;/h1-5,8H,6,10H2,(H,11,12);4H,2-3H2,1H3;1H/t8-;;/m0../s1. The van der Waals surface area contributed by atoms with Gasteiger partial charge in [0.2, 0.25) is 0 Å². The van der Waals surface area contributed by atoms with Crippen LogP contribution in [-0.4, -0.2) is 28.8 Å². The van der Waals surface area contributed by atoms with E-state index in [9.17, 15) is 4.79 Å². The van der Waals surface area contributed by atoms with E-state index in [-0.39, 0.29) is 12.4 Å². The lowest BCUT2D eigenvalue weighted by Crippen LogP contribution is -2.32. The van der Waals surface area contributed by atoms with Crippen LogP contribution in [0.2, 0.25) is 0 Å². The smallest absolute Gasteiger partial charge is 0.320 e. The largest absolute Gasteiger partial charge is 0.480 e. The second kappa shape index (κ2) is 11.4. The number of nitrogens with two attached hydrogens (primary N) is 1. The molecule has 4 N–H and O–H groups in total. The molecule has 0 fully saturated rings. The lowest BCUT2D eigenvalue weighted by molar-refractivity contribution is -0.138. The zero-order valence-corrected chi connectivity index (χ0v) is 10.7. The molecule has 0 saturated heterocycles. The molecule has 0 bridgehead atoms. The second-order valence-electron chi connectivity index (χ2n) is 3.36. The predicted octanol–water partition coefficient (Wildman–Crippen LogP) is 1.45. The van der Waals surface area contributed by atoms with Crippen molar-refractivity contribution in [3.8, 4) is 0 Å². The van der Waals surface area contributed by atoms with Crippen molar-refractivity contribution in [2.45, 2.75) is 25.8 Å². The molecule has 0 aliphatic heterocycles. The highest BCUT2D eigenvalue weighted by molar-refractivity contribution is 5.85. The summed E-state index contributed by atoms with van der Waals surface area (Å²) in [4.78, 5) is 10.4. The molecule has 0 spiro atoms. The van der Waals surface area contributed by atoms with Crippen LogP contribution in [0.4, 0.5) is 0 Å². The third kappa shape index (κ3) is 9.81. The molecule has 17 heavy (non-hydrogen) atoms. The highest BCUT2D eigenvalue weighted by Gasteiger charge is 2.10. The molecule has 0 saturated carbocycles. The molecule has 0 amide bonds. The number of carboxylic acids is 1. The van der Waals surface area contributed by atoms with E-state index in [2.05, 4.69) is 0 Å². The number of carboxylic acid groups (broad SMARTS) is 1. The molecule has 4 nitrogen and oxygen atoms in total. The van der Waals surface area contributed by atoms with Gasteiger partial charge in [0.25, 0.3) is 0 Å². The van der Waals surface area contributed by atoms with Crippen LogP contribution in [-0.2, 0) is 11.2 Å². The van der Waals surface area contributed by atoms with Crippen molar-refractivity contribution in [2.24, 2.45) is 5.73 Å². The molecule has 1 aromatic carbocycles. The van der Waals surface area contributed by atoms with E-state index in [1.165, 1.54) is 0 Å². The zero-order valence-electron chi connectivity index (χ0n) is 9.87. The van der Waals surface area contributed by atoms with Gasteiger partial charge in [0.15, 0.2) is 0 Å². The summed E-state index contributed by atoms with van der Waals surface area (Å²) in [5.41, 5.74) is 6.30. The van der Waals surface area contributed by atoms with Crippen LogP contribution in [0.3, 0.4) is 0 Å². The molecule has 0 heterocycles. The molecule has 5 heteroatoms. The fraction of sp³-hybridized carbons (Fsp3) is 0.417. The molecule has 1 rings (SSSR count). The van der Waals surface area contributed by atoms with Crippen LogP contribution in [0.25, 0.3) is 0 Å². The number of aliphatic hydroxyl groups is 1. The normalized spacial score (nSPS) is 10.5. The molecular weight excluding hydrogens is 242 g/mol. The van der Waals surface area contributed by atoms with Gasteiger partial charge in [-0.25, -0.2) is 0 Å². The van der Waals surface area contributed by atoms with Crippen LogP contribution in [0, 0.1) is 0 Å². The SMILES string of the molecule is CCCO.Cl.N[C@@H](Cc1ccccc1)C(=O)O. The van der Waals surface area contributed by atoms with Crippen LogP contribution in [0.15, 0.2) is 30.3 Å². The van der Waals surface area contributed by atoms with Crippen LogP contribution >= 0.6 is 12.4 Å². The molecular formula is C12H20ClNO3. The van der Waals surface area contributed by atoms with E-state index in [0.29, 0.717) is 13.0 Å². The summed E-state index contributed by atoms with van der Waals surface area (Å²) in [5.74, 6) is -0.959. The molecule has 0 aromatic heterocycles. The Kier molecular flexibility index (Phi) is 12.2. The van der Waals surface area contributed by atoms with Gasteiger partial charge in [-0.2, -0.15) is 0 Å². The van der Waals surface area contributed by atoms with Gasteiger partial charge in [-0.15, -0.1) is 12.4 Å². The quantitative estimate of drug-likeness (QED) is 0.766. The number of benzene rings is 1. The molecule has 0 radical (unpaired) electrons. The summed E-state index contributed by atoms with van der Waals surface area (Å²) in [6, 6.07) is 8.54. The average Bonchev–Trinajstić information content (AvgIpc) is 2.30. The van der Waals surface area contributed by atoms with Gasteiger partial charge in [0.1, 0.15) is 6.04 Å². The van der Waals surface area contributed by atoms with Crippen molar-refractivity contribution in [3.63, 3.8) is 0 Å². The number of hydrogen-bond acceptors (Lipinski definition) is 3. The first kappa shape index (κ1) is 18.3. The fourth-order valence-corrected chi connectivity index (χ4v) is 0.955. The van der Waals surface area contributed by atoms with Crippen LogP contribution in [0.1, 0.15) is 18.9 Å². The lowest BCUT2D eigenvalue weighted by Gasteiger charge is -2.04. The Morgan fingerprint density at radius 3 is 2.18 bits per heavy atom. The number of aliphatic hydroxyl groups excluding tert-OH is 1. The van der Waals surface area contributed by atoms with E-state index < -0.39 is 12.0 Å². The lowest BCUT2D eigenvalue weighted by atomic mass is 10.1. The minimum Gasteiger partial charge on any atom is -0.480 e.